The Balaban J connectivity index is 2.23. The van der Waals surface area contributed by atoms with E-state index in [1.54, 1.807) is 24.0 Å². The quantitative estimate of drug-likeness (QED) is 0.765. The fraction of sp³-hybridized carbons (Fsp3) is 0.167. The van der Waals surface area contributed by atoms with E-state index in [9.17, 15) is 13.6 Å². The van der Waals surface area contributed by atoms with Crippen molar-refractivity contribution in [3.63, 3.8) is 0 Å². The topological polar surface area (TPSA) is 34.9 Å². The molecule has 0 saturated heterocycles. The fourth-order valence-corrected chi connectivity index (χ4v) is 1.52. The number of hydrogen-bond donors (Lipinski definition) is 0. The second kappa shape index (κ2) is 4.45. The fourth-order valence-electron chi connectivity index (χ4n) is 1.52. The second-order valence-electron chi connectivity index (χ2n) is 3.68. The van der Waals surface area contributed by atoms with Gasteiger partial charge in [-0.2, -0.15) is 0 Å². The van der Waals surface area contributed by atoms with Crippen LogP contribution in [0.25, 0.3) is 0 Å². The molecule has 2 aromatic rings. The molecule has 0 bridgehead atoms. The molecule has 0 aliphatic rings. The molecule has 88 valence electrons. The van der Waals surface area contributed by atoms with Gasteiger partial charge in [-0.05, 0) is 12.1 Å². The molecule has 0 aliphatic heterocycles. The van der Waals surface area contributed by atoms with E-state index < -0.39 is 17.4 Å². The number of aromatic nitrogens is 2. The zero-order valence-corrected chi connectivity index (χ0v) is 9.15. The van der Waals surface area contributed by atoms with Crippen LogP contribution in [0.4, 0.5) is 8.78 Å². The van der Waals surface area contributed by atoms with Crippen LogP contribution in [0.5, 0.6) is 0 Å². The van der Waals surface area contributed by atoms with E-state index in [-0.39, 0.29) is 12.0 Å². The van der Waals surface area contributed by atoms with Gasteiger partial charge in [-0.25, -0.2) is 13.8 Å². The largest absolute Gasteiger partial charge is 0.338 e. The Morgan fingerprint density at radius 3 is 2.76 bits per heavy atom. The summed E-state index contributed by atoms with van der Waals surface area (Å²) in [6.45, 7) is 0. The van der Waals surface area contributed by atoms with Gasteiger partial charge in [0.1, 0.15) is 17.5 Å². The van der Waals surface area contributed by atoms with Gasteiger partial charge in [0.05, 0.1) is 12.0 Å². The van der Waals surface area contributed by atoms with Crippen LogP contribution in [-0.2, 0) is 13.5 Å². The highest BCUT2D eigenvalue weighted by Gasteiger charge is 2.14. The minimum absolute atomic E-state index is 0.00788. The molecule has 2 rings (SSSR count). The normalized spacial score (nSPS) is 10.5. The SMILES string of the molecule is Cn1ccnc1CC(=O)c1ccc(F)cc1F. The molecule has 0 fully saturated rings. The third-order valence-corrected chi connectivity index (χ3v) is 2.47. The lowest BCUT2D eigenvalue weighted by molar-refractivity contribution is 0.0986. The van der Waals surface area contributed by atoms with E-state index >= 15 is 0 Å². The van der Waals surface area contributed by atoms with Crippen molar-refractivity contribution in [3.8, 4) is 0 Å². The highest BCUT2D eigenvalue weighted by molar-refractivity contribution is 5.97. The zero-order chi connectivity index (χ0) is 12.4. The van der Waals surface area contributed by atoms with Gasteiger partial charge in [-0.3, -0.25) is 4.79 Å². The maximum absolute atomic E-state index is 13.3. The van der Waals surface area contributed by atoms with Gasteiger partial charge in [0.15, 0.2) is 5.78 Å². The van der Waals surface area contributed by atoms with Gasteiger partial charge in [0, 0.05) is 25.5 Å². The summed E-state index contributed by atoms with van der Waals surface area (Å²) in [6, 6.07) is 2.91. The third-order valence-electron chi connectivity index (χ3n) is 2.47. The maximum atomic E-state index is 13.3. The van der Waals surface area contributed by atoms with Gasteiger partial charge < -0.3 is 4.57 Å². The van der Waals surface area contributed by atoms with Crippen molar-refractivity contribution in [1.82, 2.24) is 9.55 Å². The molecule has 0 unspecified atom stereocenters. The summed E-state index contributed by atoms with van der Waals surface area (Å²) >= 11 is 0. The monoisotopic (exact) mass is 236 g/mol. The van der Waals surface area contributed by atoms with Gasteiger partial charge in [-0.15, -0.1) is 0 Å². The minimum atomic E-state index is -0.843. The standard InChI is InChI=1S/C12H10F2N2O/c1-16-5-4-15-12(16)7-11(17)9-3-2-8(13)6-10(9)14/h2-6H,7H2,1H3. The van der Waals surface area contributed by atoms with Crippen molar-refractivity contribution in [1.29, 1.82) is 0 Å². The second-order valence-corrected chi connectivity index (χ2v) is 3.68. The van der Waals surface area contributed by atoms with Crippen molar-refractivity contribution >= 4 is 5.78 Å². The van der Waals surface area contributed by atoms with Gasteiger partial charge >= 0.3 is 0 Å². The Kier molecular flexibility index (Phi) is 2.99. The number of ketones is 1. The van der Waals surface area contributed by atoms with Crippen molar-refractivity contribution in [2.24, 2.45) is 7.05 Å². The number of carbonyl (C=O) groups is 1. The van der Waals surface area contributed by atoms with Crippen molar-refractivity contribution in [2.75, 3.05) is 0 Å². The van der Waals surface area contributed by atoms with E-state index in [0.717, 1.165) is 12.1 Å². The molecule has 0 aliphatic carbocycles. The summed E-state index contributed by atoms with van der Waals surface area (Å²) in [6.07, 6.45) is 3.25. The van der Waals surface area contributed by atoms with Crippen LogP contribution in [0.3, 0.4) is 0 Å². The first-order valence-electron chi connectivity index (χ1n) is 5.02. The van der Waals surface area contributed by atoms with Crippen molar-refractivity contribution < 1.29 is 13.6 Å². The first-order chi connectivity index (χ1) is 8.08. The van der Waals surface area contributed by atoms with Crippen molar-refractivity contribution in [2.45, 2.75) is 6.42 Å². The lowest BCUT2D eigenvalue weighted by atomic mass is 10.1. The Morgan fingerprint density at radius 1 is 1.41 bits per heavy atom. The van der Waals surface area contributed by atoms with Crippen LogP contribution in [-0.4, -0.2) is 15.3 Å². The zero-order valence-electron chi connectivity index (χ0n) is 9.15. The molecule has 0 N–H and O–H groups in total. The number of halogens is 2. The molecule has 0 amide bonds. The number of Topliss-reactive ketones (excluding diaryl/α,β-unsaturated/α-hetero) is 1. The van der Waals surface area contributed by atoms with Crippen LogP contribution in [0.2, 0.25) is 0 Å². The number of aryl methyl sites for hydroxylation is 1. The van der Waals surface area contributed by atoms with E-state index in [1.807, 2.05) is 0 Å². The number of rotatable bonds is 3. The predicted octanol–water partition coefficient (Wildman–Crippen LogP) is 2.12. The average Bonchev–Trinajstić information content (AvgIpc) is 2.64. The minimum Gasteiger partial charge on any atom is -0.338 e. The first kappa shape index (κ1) is 11.4. The lowest BCUT2D eigenvalue weighted by Crippen LogP contribution is -2.10. The Bertz CT molecular complexity index is 563. The molecule has 5 heteroatoms. The van der Waals surface area contributed by atoms with Crippen LogP contribution in [0.15, 0.2) is 30.6 Å². The number of carbonyl (C=O) groups excluding carboxylic acids is 1. The number of imidazole rings is 1. The van der Waals surface area contributed by atoms with Gasteiger partial charge in [0.2, 0.25) is 0 Å². The summed E-state index contributed by atoms with van der Waals surface area (Å²) < 4.78 is 27.7. The van der Waals surface area contributed by atoms with E-state index in [0.29, 0.717) is 11.9 Å². The summed E-state index contributed by atoms with van der Waals surface area (Å²) in [4.78, 5) is 15.8. The van der Waals surface area contributed by atoms with Crippen LogP contribution >= 0.6 is 0 Å². The molecule has 0 spiro atoms. The lowest BCUT2D eigenvalue weighted by Gasteiger charge is -2.03. The van der Waals surface area contributed by atoms with E-state index in [4.69, 9.17) is 0 Å². The van der Waals surface area contributed by atoms with E-state index in [1.165, 1.54) is 0 Å². The maximum Gasteiger partial charge on any atom is 0.173 e. The van der Waals surface area contributed by atoms with E-state index in [2.05, 4.69) is 4.98 Å². The Labute approximate surface area is 96.7 Å². The molecule has 0 atom stereocenters. The average molecular weight is 236 g/mol. The Hall–Kier alpha value is -2.04. The van der Waals surface area contributed by atoms with Crippen LogP contribution < -0.4 is 0 Å². The molecular formula is C12H10F2N2O. The van der Waals surface area contributed by atoms with Gasteiger partial charge in [-0.1, -0.05) is 0 Å². The summed E-state index contributed by atoms with van der Waals surface area (Å²) in [5, 5.41) is 0. The highest BCUT2D eigenvalue weighted by Crippen LogP contribution is 2.12. The van der Waals surface area contributed by atoms with Crippen molar-refractivity contribution in [3.05, 3.63) is 53.6 Å². The molecule has 1 aromatic heterocycles. The third kappa shape index (κ3) is 2.38. The summed E-state index contributed by atoms with van der Waals surface area (Å²) in [7, 11) is 1.75. The molecule has 1 aromatic carbocycles. The molecule has 17 heavy (non-hydrogen) atoms. The highest BCUT2D eigenvalue weighted by atomic mass is 19.1. The molecular weight excluding hydrogens is 226 g/mol. The number of hydrogen-bond acceptors (Lipinski definition) is 2. The molecule has 0 saturated carbocycles. The van der Waals surface area contributed by atoms with Gasteiger partial charge in [0.25, 0.3) is 0 Å². The Morgan fingerprint density at radius 2 is 2.18 bits per heavy atom. The smallest absolute Gasteiger partial charge is 0.173 e. The number of benzene rings is 1. The summed E-state index contributed by atoms with van der Waals surface area (Å²) in [5.41, 5.74) is -0.116. The predicted molar refractivity (Wildman–Crippen MR) is 57.6 cm³/mol. The molecule has 1 heterocycles. The first-order valence-corrected chi connectivity index (χ1v) is 5.02. The van der Waals surface area contributed by atoms with Crippen LogP contribution in [0, 0.1) is 11.6 Å². The van der Waals surface area contributed by atoms with Crippen LogP contribution in [0.1, 0.15) is 16.2 Å². The molecule has 3 nitrogen and oxygen atoms in total. The summed E-state index contributed by atoms with van der Waals surface area (Å²) in [5.74, 6) is -1.42. The number of nitrogens with zero attached hydrogens (tertiary/aromatic N) is 2. The molecule has 0 radical (unpaired) electrons.